The number of nitrogens with zero attached hydrogens (tertiary/aromatic N) is 4. The Morgan fingerprint density at radius 2 is 1.62 bits per heavy atom. The average Bonchev–Trinajstić information content (AvgIpc) is 3.34. The van der Waals surface area contributed by atoms with Crippen LogP contribution in [0.3, 0.4) is 0 Å². The van der Waals surface area contributed by atoms with Crippen molar-refractivity contribution in [2.24, 2.45) is 0 Å². The molecule has 3 rings (SSSR count). The first-order chi connectivity index (χ1) is 12.5. The summed E-state index contributed by atoms with van der Waals surface area (Å²) in [6, 6.07) is 5.30. The smallest absolute Gasteiger partial charge is 0.270 e. The molecule has 0 radical (unpaired) electrons. The molecule has 26 heavy (non-hydrogen) atoms. The summed E-state index contributed by atoms with van der Waals surface area (Å²) in [5, 5.41) is 12.0. The summed E-state index contributed by atoms with van der Waals surface area (Å²) in [5.41, 5.74) is 1.11. The van der Waals surface area contributed by atoms with Crippen molar-refractivity contribution in [3.8, 4) is 28.9 Å². The van der Waals surface area contributed by atoms with Gasteiger partial charge in [-0.2, -0.15) is 0 Å². The Kier molecular flexibility index (Phi) is 7.96. The lowest BCUT2D eigenvalue weighted by Crippen LogP contribution is -2.09. The number of ether oxygens (including phenoxy) is 1. The van der Waals surface area contributed by atoms with E-state index in [2.05, 4.69) is 20.3 Å². The molecule has 0 saturated heterocycles. The van der Waals surface area contributed by atoms with Gasteiger partial charge in [-0.05, 0) is 6.07 Å². The first kappa shape index (κ1) is 21.3. The van der Waals surface area contributed by atoms with Crippen LogP contribution >= 0.6 is 0 Å². The third-order valence-electron chi connectivity index (χ3n) is 3.08. The fourth-order valence-electron chi connectivity index (χ4n) is 1.83. The van der Waals surface area contributed by atoms with E-state index in [1.54, 1.807) is 25.4 Å². The molecular weight excluding hydrogens is 332 g/mol. The molecule has 0 unspecified atom stereocenters. The van der Waals surface area contributed by atoms with Crippen LogP contribution in [0.1, 0.15) is 54.2 Å². The molecule has 3 heterocycles. The molecule has 0 spiro atoms. The van der Waals surface area contributed by atoms with Gasteiger partial charge in [-0.15, -0.1) is 10.2 Å². The number of hydrogen-bond donors (Lipinski definition) is 0. The van der Waals surface area contributed by atoms with Gasteiger partial charge in [0.1, 0.15) is 5.76 Å². The van der Waals surface area contributed by atoms with E-state index in [0.29, 0.717) is 23.4 Å². The fraction of sp³-hybridized carbons (Fsp3) is 0.474. The summed E-state index contributed by atoms with van der Waals surface area (Å²) in [6.07, 6.45) is 1.62. The number of pyridine rings is 1. The van der Waals surface area contributed by atoms with Crippen LogP contribution in [-0.2, 0) is 5.41 Å². The van der Waals surface area contributed by atoms with Gasteiger partial charge in [-0.3, -0.25) is 0 Å². The number of hydrogen-bond acceptors (Lipinski definition) is 7. The van der Waals surface area contributed by atoms with Gasteiger partial charge in [-0.25, -0.2) is 4.98 Å². The molecule has 0 bridgehead atoms. The quantitative estimate of drug-likeness (QED) is 0.638. The van der Waals surface area contributed by atoms with E-state index >= 15 is 0 Å². The van der Waals surface area contributed by atoms with Gasteiger partial charge in [0.25, 0.3) is 5.89 Å². The highest BCUT2D eigenvalue weighted by molar-refractivity contribution is 5.56. The average molecular weight is 360 g/mol. The van der Waals surface area contributed by atoms with Gasteiger partial charge >= 0.3 is 0 Å². The van der Waals surface area contributed by atoms with Crippen molar-refractivity contribution >= 4 is 0 Å². The van der Waals surface area contributed by atoms with Crippen LogP contribution in [0.2, 0.25) is 0 Å². The Morgan fingerprint density at radius 1 is 0.962 bits per heavy atom. The van der Waals surface area contributed by atoms with Crippen LogP contribution in [0, 0.1) is 0 Å². The van der Waals surface area contributed by atoms with Crippen molar-refractivity contribution in [3.63, 3.8) is 0 Å². The summed E-state index contributed by atoms with van der Waals surface area (Å²) in [7, 11) is 1.55. The zero-order chi connectivity index (χ0) is 19.7. The first-order valence-electron chi connectivity index (χ1n) is 8.79. The van der Waals surface area contributed by atoms with Crippen molar-refractivity contribution in [3.05, 3.63) is 30.2 Å². The maximum Gasteiger partial charge on any atom is 0.270 e. The van der Waals surface area contributed by atoms with Crippen LogP contribution in [0.4, 0.5) is 0 Å². The van der Waals surface area contributed by atoms with Crippen LogP contribution in [-0.4, -0.2) is 27.4 Å². The summed E-state index contributed by atoms with van der Waals surface area (Å²) in [4.78, 5) is 4.04. The second kappa shape index (κ2) is 9.70. The molecule has 0 atom stereocenters. The molecule has 0 N–H and O–H groups in total. The van der Waals surface area contributed by atoms with Crippen LogP contribution in [0.15, 0.2) is 33.3 Å². The second-order valence-electron chi connectivity index (χ2n) is 5.83. The summed E-state index contributed by atoms with van der Waals surface area (Å²) in [5.74, 6) is 1.92. The number of methoxy groups -OCH3 is 1. The Hall–Kier alpha value is -2.70. The third kappa shape index (κ3) is 5.15. The predicted octanol–water partition coefficient (Wildman–Crippen LogP) is 5.15. The van der Waals surface area contributed by atoms with Crippen LogP contribution in [0.5, 0.6) is 5.88 Å². The second-order valence-corrected chi connectivity index (χ2v) is 5.83. The van der Waals surface area contributed by atoms with E-state index in [0.717, 1.165) is 11.3 Å². The maximum absolute atomic E-state index is 5.65. The zero-order valence-electron chi connectivity index (χ0n) is 16.8. The number of rotatable bonds is 3. The molecule has 7 heteroatoms. The zero-order valence-corrected chi connectivity index (χ0v) is 16.8. The molecule has 0 aromatic carbocycles. The van der Waals surface area contributed by atoms with Gasteiger partial charge in [0, 0.05) is 29.3 Å². The lowest BCUT2D eigenvalue weighted by Gasteiger charge is -2.11. The molecular formula is C19H28N4O3. The van der Waals surface area contributed by atoms with Crippen molar-refractivity contribution in [2.75, 3.05) is 7.11 Å². The molecule has 0 aliphatic rings. The highest BCUT2D eigenvalue weighted by Gasteiger charge is 2.22. The van der Waals surface area contributed by atoms with Crippen LogP contribution < -0.4 is 4.74 Å². The summed E-state index contributed by atoms with van der Waals surface area (Å²) in [6.45, 7) is 14.1. The molecule has 7 nitrogen and oxygen atoms in total. The standard InChI is InChI=1S/C15H16N4O3.2C2H6/c1-15(2,3)11-8-10(19-22-11)14-18-17-13(21-14)9-5-6-16-12(7-9)20-4;2*1-2/h5-8H,1-4H3;2*1-2H3. The monoisotopic (exact) mass is 360 g/mol. The molecule has 0 aliphatic carbocycles. The van der Waals surface area contributed by atoms with Gasteiger partial charge in [-0.1, -0.05) is 53.6 Å². The highest BCUT2D eigenvalue weighted by Crippen LogP contribution is 2.28. The maximum atomic E-state index is 5.65. The lowest BCUT2D eigenvalue weighted by molar-refractivity contribution is 0.329. The molecule has 0 saturated carbocycles. The summed E-state index contributed by atoms with van der Waals surface area (Å²) >= 11 is 0. The van der Waals surface area contributed by atoms with E-state index in [-0.39, 0.29) is 5.41 Å². The van der Waals surface area contributed by atoms with E-state index in [4.69, 9.17) is 13.7 Å². The lowest BCUT2D eigenvalue weighted by atomic mass is 9.93. The minimum absolute atomic E-state index is 0.132. The summed E-state index contributed by atoms with van der Waals surface area (Å²) < 4.78 is 16.1. The predicted molar refractivity (Wildman–Crippen MR) is 101 cm³/mol. The van der Waals surface area contributed by atoms with E-state index in [1.807, 2.05) is 54.5 Å². The first-order valence-corrected chi connectivity index (χ1v) is 8.79. The Bertz CT molecular complexity index is 788. The van der Waals surface area contributed by atoms with E-state index in [9.17, 15) is 0 Å². The van der Waals surface area contributed by atoms with Crippen molar-refractivity contribution in [2.45, 2.75) is 53.9 Å². The molecule has 0 aliphatic heterocycles. The molecule has 0 amide bonds. The topological polar surface area (TPSA) is 87.1 Å². The Balaban J connectivity index is 0.000000791. The van der Waals surface area contributed by atoms with Gasteiger partial charge < -0.3 is 13.7 Å². The molecule has 142 valence electrons. The van der Waals surface area contributed by atoms with Gasteiger partial charge in [0.05, 0.1) is 7.11 Å². The molecule has 0 fully saturated rings. The van der Waals surface area contributed by atoms with Crippen LogP contribution in [0.25, 0.3) is 23.0 Å². The normalized spacial score (nSPS) is 10.3. The third-order valence-corrected chi connectivity index (χ3v) is 3.08. The number of aromatic nitrogens is 4. The molecule has 3 aromatic rings. The van der Waals surface area contributed by atoms with E-state index < -0.39 is 0 Å². The van der Waals surface area contributed by atoms with Crippen molar-refractivity contribution < 1.29 is 13.7 Å². The Labute approximate surface area is 154 Å². The minimum Gasteiger partial charge on any atom is -0.481 e. The van der Waals surface area contributed by atoms with Crippen molar-refractivity contribution in [1.29, 1.82) is 0 Å². The van der Waals surface area contributed by atoms with Gasteiger partial charge in [0.2, 0.25) is 11.8 Å². The van der Waals surface area contributed by atoms with E-state index in [1.165, 1.54) is 0 Å². The largest absolute Gasteiger partial charge is 0.481 e. The SMILES string of the molecule is CC.CC.COc1cc(-c2nnc(-c3cc(C(C)(C)C)on3)o2)ccn1. The highest BCUT2D eigenvalue weighted by atomic mass is 16.5. The fourth-order valence-corrected chi connectivity index (χ4v) is 1.83. The molecule has 3 aromatic heterocycles. The van der Waals surface area contributed by atoms with Gasteiger partial charge in [0.15, 0.2) is 5.69 Å². The Morgan fingerprint density at radius 3 is 2.19 bits per heavy atom. The minimum atomic E-state index is -0.132. The van der Waals surface area contributed by atoms with Crippen molar-refractivity contribution in [1.82, 2.24) is 20.3 Å².